The lowest BCUT2D eigenvalue weighted by atomic mass is 10.1. The highest BCUT2D eigenvalue weighted by Gasteiger charge is 2.41. The van der Waals surface area contributed by atoms with E-state index in [9.17, 15) is 36.3 Å². The van der Waals surface area contributed by atoms with Crippen molar-refractivity contribution in [3.8, 4) is 0 Å². The molecular formula is C15H16F3NO6S. The maximum atomic E-state index is 13.0. The molecule has 1 aromatic carbocycles. The van der Waals surface area contributed by atoms with Crippen molar-refractivity contribution >= 4 is 22.0 Å². The Kier molecular flexibility index (Phi) is 5.61. The van der Waals surface area contributed by atoms with Crippen molar-refractivity contribution in [2.75, 3.05) is 13.7 Å². The lowest BCUT2D eigenvalue weighted by Crippen LogP contribution is -2.48. The smallest absolute Gasteiger partial charge is 0.416 e. The molecule has 1 saturated heterocycles. The maximum Gasteiger partial charge on any atom is 0.416 e. The number of carboxylic acids is 1. The fourth-order valence-electron chi connectivity index (χ4n) is 2.76. The Hall–Kier alpha value is -2.14. The number of nitrogens with zero attached hydrogens (tertiary/aromatic N) is 1. The van der Waals surface area contributed by atoms with Crippen LogP contribution in [0.15, 0.2) is 23.1 Å². The van der Waals surface area contributed by atoms with Gasteiger partial charge in [0.2, 0.25) is 10.0 Å². The second-order valence-electron chi connectivity index (χ2n) is 5.67. The molecule has 0 saturated carbocycles. The van der Waals surface area contributed by atoms with Gasteiger partial charge in [-0.2, -0.15) is 17.5 Å². The predicted molar refractivity (Wildman–Crippen MR) is 82.0 cm³/mol. The molecule has 0 amide bonds. The summed E-state index contributed by atoms with van der Waals surface area (Å²) in [6.07, 6.45) is -3.99. The molecule has 0 aromatic heterocycles. The zero-order valence-electron chi connectivity index (χ0n) is 13.6. The minimum atomic E-state index is -4.84. The van der Waals surface area contributed by atoms with Gasteiger partial charge in [0.15, 0.2) is 0 Å². The first kappa shape index (κ1) is 20.2. The summed E-state index contributed by atoms with van der Waals surface area (Å²) in [6, 6.07) is 0.195. The molecule has 1 aromatic rings. The van der Waals surface area contributed by atoms with Crippen molar-refractivity contribution in [1.82, 2.24) is 4.31 Å². The van der Waals surface area contributed by atoms with E-state index >= 15 is 0 Å². The van der Waals surface area contributed by atoms with Crippen LogP contribution in [0.25, 0.3) is 0 Å². The second kappa shape index (κ2) is 7.23. The van der Waals surface area contributed by atoms with Crippen molar-refractivity contribution in [1.29, 1.82) is 0 Å². The van der Waals surface area contributed by atoms with Crippen LogP contribution in [0.5, 0.6) is 0 Å². The van der Waals surface area contributed by atoms with E-state index < -0.39 is 50.2 Å². The van der Waals surface area contributed by atoms with Crippen LogP contribution >= 0.6 is 0 Å². The van der Waals surface area contributed by atoms with E-state index in [2.05, 4.69) is 4.74 Å². The summed E-state index contributed by atoms with van der Waals surface area (Å²) in [7, 11) is -3.72. The fourth-order valence-corrected chi connectivity index (χ4v) is 4.61. The van der Waals surface area contributed by atoms with Gasteiger partial charge in [0.1, 0.15) is 6.04 Å². The summed E-state index contributed by atoms with van der Waals surface area (Å²) in [5.74, 6) is -2.54. The Bertz CT molecular complexity index is 821. The highest BCUT2D eigenvalue weighted by atomic mass is 32.2. The average Bonchev–Trinajstić information content (AvgIpc) is 2.59. The third kappa shape index (κ3) is 3.83. The minimum Gasteiger partial charge on any atom is -0.480 e. The summed E-state index contributed by atoms with van der Waals surface area (Å²) in [5, 5.41) is 9.25. The first-order valence-corrected chi connectivity index (χ1v) is 8.98. The normalized spacial score (nSPS) is 19.2. The Morgan fingerprint density at radius 2 is 1.92 bits per heavy atom. The predicted octanol–water partition coefficient (Wildman–Crippen LogP) is 2.12. The van der Waals surface area contributed by atoms with Crippen molar-refractivity contribution in [3.05, 3.63) is 29.3 Å². The molecule has 0 spiro atoms. The van der Waals surface area contributed by atoms with E-state index in [-0.39, 0.29) is 13.0 Å². The first-order chi connectivity index (χ1) is 12.0. The number of piperidine rings is 1. The van der Waals surface area contributed by atoms with Crippen LogP contribution < -0.4 is 0 Å². The molecule has 1 unspecified atom stereocenters. The molecule has 26 heavy (non-hydrogen) atoms. The summed E-state index contributed by atoms with van der Waals surface area (Å²) < 4.78 is 69.9. The van der Waals surface area contributed by atoms with Gasteiger partial charge in [-0.05, 0) is 37.5 Å². The van der Waals surface area contributed by atoms with E-state index in [4.69, 9.17) is 0 Å². The molecule has 144 valence electrons. The Labute approximate surface area is 147 Å². The van der Waals surface area contributed by atoms with Gasteiger partial charge in [-0.15, -0.1) is 0 Å². The molecule has 0 bridgehead atoms. The van der Waals surface area contributed by atoms with Crippen molar-refractivity contribution in [3.63, 3.8) is 0 Å². The highest BCUT2D eigenvalue weighted by molar-refractivity contribution is 7.89. The number of carbonyl (C=O) groups excluding carboxylic acids is 1. The summed E-state index contributed by atoms with van der Waals surface area (Å²) in [5.41, 5.74) is -1.86. The SMILES string of the molecule is COC(=O)c1ccc(C(F)(F)F)cc1S(=O)(=O)N1CCCCC1C(=O)O. The minimum absolute atomic E-state index is 0.0289. The van der Waals surface area contributed by atoms with Crippen LogP contribution in [0.4, 0.5) is 13.2 Å². The number of carboxylic acid groups (broad SMARTS) is 1. The standard InChI is InChI=1S/C15H16F3NO6S/c1-25-14(22)10-6-5-9(15(16,17)18)8-12(10)26(23,24)19-7-3-2-4-11(19)13(20)21/h5-6,8,11H,2-4,7H2,1H3,(H,20,21). The Morgan fingerprint density at radius 1 is 1.27 bits per heavy atom. The molecule has 0 aliphatic carbocycles. The van der Waals surface area contributed by atoms with Crippen LogP contribution in [0.1, 0.15) is 35.2 Å². The summed E-state index contributed by atoms with van der Waals surface area (Å²) >= 11 is 0. The molecule has 11 heteroatoms. The van der Waals surface area contributed by atoms with Gasteiger partial charge in [-0.1, -0.05) is 0 Å². The molecule has 1 heterocycles. The number of hydrogen-bond donors (Lipinski definition) is 1. The molecule has 2 rings (SSSR count). The van der Waals surface area contributed by atoms with Gasteiger partial charge in [0, 0.05) is 6.54 Å². The van der Waals surface area contributed by atoms with Crippen molar-refractivity contribution in [2.24, 2.45) is 0 Å². The Morgan fingerprint density at radius 3 is 2.46 bits per heavy atom. The van der Waals surface area contributed by atoms with Crippen molar-refractivity contribution in [2.45, 2.75) is 36.4 Å². The van der Waals surface area contributed by atoms with E-state index in [1.54, 1.807) is 0 Å². The van der Waals surface area contributed by atoms with E-state index in [1.165, 1.54) is 0 Å². The van der Waals surface area contributed by atoms with Crippen molar-refractivity contribution < 1.29 is 41.0 Å². The summed E-state index contributed by atoms with van der Waals surface area (Å²) in [6.45, 7) is -0.170. The molecule has 1 aliphatic rings. The molecule has 1 atom stereocenters. The molecule has 7 nitrogen and oxygen atoms in total. The number of benzene rings is 1. The Balaban J connectivity index is 2.65. The quantitative estimate of drug-likeness (QED) is 0.784. The molecule has 1 fully saturated rings. The van der Waals surface area contributed by atoms with Crippen LogP contribution in [0.3, 0.4) is 0 Å². The number of rotatable bonds is 4. The second-order valence-corrected chi connectivity index (χ2v) is 7.52. The van der Waals surface area contributed by atoms with Gasteiger partial charge in [0.25, 0.3) is 0 Å². The number of aliphatic carboxylic acids is 1. The average molecular weight is 395 g/mol. The number of halogens is 3. The van der Waals surface area contributed by atoms with E-state index in [0.29, 0.717) is 35.3 Å². The lowest BCUT2D eigenvalue weighted by Gasteiger charge is -2.32. The fraction of sp³-hybridized carbons (Fsp3) is 0.467. The third-order valence-electron chi connectivity index (χ3n) is 4.04. The third-order valence-corrected chi connectivity index (χ3v) is 5.99. The van der Waals surface area contributed by atoms with Gasteiger partial charge in [-0.25, -0.2) is 13.2 Å². The van der Waals surface area contributed by atoms with Gasteiger partial charge in [0.05, 0.1) is 23.1 Å². The van der Waals surface area contributed by atoms with Gasteiger partial charge < -0.3 is 9.84 Å². The topological polar surface area (TPSA) is 101 Å². The number of hydrogen-bond acceptors (Lipinski definition) is 5. The number of alkyl halides is 3. The summed E-state index contributed by atoms with van der Waals surface area (Å²) in [4.78, 5) is 22.3. The number of ether oxygens (including phenoxy) is 1. The van der Waals surface area contributed by atoms with Crippen LogP contribution in [-0.4, -0.2) is 49.5 Å². The molecule has 1 N–H and O–H groups in total. The number of carbonyl (C=O) groups is 2. The number of sulfonamides is 1. The number of esters is 1. The van der Waals surface area contributed by atoms with Gasteiger partial charge >= 0.3 is 18.1 Å². The molecule has 0 radical (unpaired) electrons. The van der Waals surface area contributed by atoms with Gasteiger partial charge in [-0.3, -0.25) is 4.79 Å². The zero-order chi connectivity index (χ0) is 19.7. The van der Waals surface area contributed by atoms with E-state index in [0.717, 1.165) is 7.11 Å². The monoisotopic (exact) mass is 395 g/mol. The number of methoxy groups -OCH3 is 1. The van der Waals surface area contributed by atoms with Crippen LogP contribution in [0.2, 0.25) is 0 Å². The largest absolute Gasteiger partial charge is 0.480 e. The first-order valence-electron chi connectivity index (χ1n) is 7.54. The van der Waals surface area contributed by atoms with Crippen LogP contribution in [-0.2, 0) is 25.7 Å². The van der Waals surface area contributed by atoms with Crippen LogP contribution in [0, 0.1) is 0 Å². The maximum absolute atomic E-state index is 13.0. The lowest BCUT2D eigenvalue weighted by molar-refractivity contribution is -0.142. The highest BCUT2D eigenvalue weighted by Crippen LogP contribution is 2.34. The molecule has 1 aliphatic heterocycles. The zero-order valence-corrected chi connectivity index (χ0v) is 14.4. The molecular weight excluding hydrogens is 379 g/mol. The van der Waals surface area contributed by atoms with E-state index in [1.807, 2.05) is 0 Å².